The number of piperidine rings is 1. The monoisotopic (exact) mass is 559 g/mol. The summed E-state index contributed by atoms with van der Waals surface area (Å²) in [5.74, 6) is -0.680. The molecule has 2 aromatic rings. The van der Waals surface area contributed by atoms with E-state index in [1.807, 2.05) is 42.5 Å². The first kappa shape index (κ1) is 29.0. The lowest BCUT2D eigenvalue weighted by Gasteiger charge is -2.36. The number of alkyl carbamates (subject to hydrolysis) is 1. The number of quaternary nitrogens is 1. The molecule has 2 atom stereocenters. The average Bonchev–Trinajstić information content (AvgIpc) is 3.13. The first-order valence-corrected chi connectivity index (χ1v) is 15.0. The van der Waals surface area contributed by atoms with Crippen molar-refractivity contribution in [3.8, 4) is 0 Å². The average molecular weight is 560 g/mol. The molecule has 2 aliphatic rings. The molecule has 212 valence electrons. The van der Waals surface area contributed by atoms with Gasteiger partial charge in [-0.25, -0.2) is 4.79 Å². The molecule has 1 saturated heterocycles. The number of nitrogens with zero attached hydrogens (tertiary/aromatic N) is 1. The number of amides is 2. The third-order valence-corrected chi connectivity index (χ3v) is 8.76. The van der Waals surface area contributed by atoms with Crippen molar-refractivity contribution in [1.29, 1.82) is 0 Å². The van der Waals surface area contributed by atoms with Gasteiger partial charge in [-0.2, -0.15) is 13.8 Å². The first-order valence-electron chi connectivity index (χ1n) is 13.2. The fourth-order valence-electron chi connectivity index (χ4n) is 5.40. The van der Waals surface area contributed by atoms with Crippen molar-refractivity contribution in [1.82, 2.24) is 20.1 Å². The largest absolute Gasteiger partial charge is 0.444 e. The fraction of sp³-hybridized carbons (Fsp3) is 0.500. The Morgan fingerprint density at radius 2 is 1.69 bits per heavy atom. The lowest BCUT2D eigenvalue weighted by atomic mass is 9.75. The standard InChI is InChI=1S/C28H38N4O6S/c1-27(2,3)38-26(34)30-23(19-37-18-21-10-6-5-7-11-21)25(33)31-32(39(4,35)36)20-28(14-16-29-17-15-28)22-12-8-9-13-24(22)32/h5-13,23,29H,14-20H2,1-4H3,(H-,30,31,33,34)/p+1. The summed E-state index contributed by atoms with van der Waals surface area (Å²) in [4.78, 5) is 26.5. The van der Waals surface area contributed by atoms with Gasteiger partial charge in [0.15, 0.2) is 5.69 Å². The van der Waals surface area contributed by atoms with Gasteiger partial charge in [0, 0.05) is 11.6 Å². The number of hydrogen-bond acceptors (Lipinski definition) is 7. The molecule has 0 radical (unpaired) electrons. The molecule has 0 saturated carbocycles. The van der Waals surface area contributed by atoms with Gasteiger partial charge < -0.3 is 20.1 Å². The summed E-state index contributed by atoms with van der Waals surface area (Å²) in [5.41, 5.74) is 3.97. The maximum Gasteiger partial charge on any atom is 0.408 e. The second-order valence-corrected chi connectivity index (χ2v) is 13.4. The van der Waals surface area contributed by atoms with Gasteiger partial charge in [-0.1, -0.05) is 52.5 Å². The van der Waals surface area contributed by atoms with Crippen molar-refractivity contribution in [2.75, 3.05) is 32.5 Å². The van der Waals surface area contributed by atoms with Gasteiger partial charge >= 0.3 is 16.1 Å². The Labute approximate surface area is 230 Å². The quantitative estimate of drug-likeness (QED) is 0.425. The minimum atomic E-state index is -3.90. The summed E-state index contributed by atoms with van der Waals surface area (Å²) < 4.78 is 37.5. The van der Waals surface area contributed by atoms with Crippen LogP contribution in [0, 0.1) is 0 Å². The molecule has 11 heteroatoms. The van der Waals surface area contributed by atoms with E-state index in [1.165, 1.54) is 0 Å². The summed E-state index contributed by atoms with van der Waals surface area (Å²) in [5, 5.41) is 5.93. The van der Waals surface area contributed by atoms with E-state index >= 15 is 0 Å². The van der Waals surface area contributed by atoms with Crippen LogP contribution in [0.4, 0.5) is 10.5 Å². The van der Waals surface area contributed by atoms with E-state index < -0.39 is 43.1 Å². The SMILES string of the molecule is CC(C)(C)OC(=O)NC(COCc1ccccc1)C(=O)N[N+]1(S(C)(=O)=O)CC2(CCNCC2)c2ccccc21. The molecule has 2 amide bonds. The van der Waals surface area contributed by atoms with Gasteiger partial charge in [0.1, 0.15) is 18.2 Å². The van der Waals surface area contributed by atoms with Gasteiger partial charge in [0.25, 0.3) is 5.91 Å². The number of fused-ring (bicyclic) bond motifs is 2. The van der Waals surface area contributed by atoms with Gasteiger partial charge in [0.2, 0.25) is 0 Å². The topological polar surface area (TPSA) is 123 Å². The van der Waals surface area contributed by atoms with Crippen LogP contribution >= 0.6 is 0 Å². The van der Waals surface area contributed by atoms with Crippen LogP contribution in [0.25, 0.3) is 0 Å². The number of hydrogen-bond donors (Lipinski definition) is 3. The van der Waals surface area contributed by atoms with Gasteiger partial charge in [-0.05, 0) is 52.3 Å². The zero-order valence-electron chi connectivity index (χ0n) is 23.0. The molecule has 2 aromatic carbocycles. The van der Waals surface area contributed by atoms with Crippen molar-refractivity contribution >= 4 is 27.7 Å². The third kappa shape index (κ3) is 6.43. The highest BCUT2D eigenvalue weighted by molar-refractivity contribution is 7.90. The van der Waals surface area contributed by atoms with E-state index in [2.05, 4.69) is 16.1 Å². The summed E-state index contributed by atoms with van der Waals surface area (Å²) >= 11 is 0. The number of nitrogens with one attached hydrogen (secondary N) is 3. The molecule has 39 heavy (non-hydrogen) atoms. The molecule has 3 N–H and O–H groups in total. The molecule has 2 aliphatic heterocycles. The van der Waals surface area contributed by atoms with Crippen LogP contribution < -0.4 is 20.1 Å². The van der Waals surface area contributed by atoms with Gasteiger partial charge in [0.05, 0.1) is 24.9 Å². The number of sulfonamides is 1. The summed E-state index contributed by atoms with van der Waals surface area (Å²) in [6, 6.07) is 15.6. The molecular weight excluding hydrogens is 520 g/mol. The van der Waals surface area contributed by atoms with E-state index in [9.17, 15) is 18.0 Å². The first-order chi connectivity index (χ1) is 18.4. The Kier molecular flexibility index (Phi) is 8.36. The second kappa shape index (κ2) is 11.2. The van der Waals surface area contributed by atoms with Crippen LogP contribution in [0.15, 0.2) is 54.6 Å². The Morgan fingerprint density at radius 1 is 1.05 bits per heavy atom. The molecule has 0 aliphatic carbocycles. The zero-order chi connectivity index (χ0) is 28.3. The maximum absolute atomic E-state index is 13.8. The van der Waals surface area contributed by atoms with E-state index in [4.69, 9.17) is 9.47 Å². The summed E-state index contributed by atoms with van der Waals surface area (Å²) in [6.07, 6.45) is 1.82. The van der Waals surface area contributed by atoms with Crippen LogP contribution in [0.5, 0.6) is 0 Å². The van der Waals surface area contributed by atoms with Gasteiger partial charge in [-0.15, -0.1) is 0 Å². The number of ether oxygens (including phenoxy) is 2. The Hall–Kier alpha value is -2.99. The highest BCUT2D eigenvalue weighted by Crippen LogP contribution is 2.50. The minimum Gasteiger partial charge on any atom is -0.444 e. The normalized spacial score (nSPS) is 21.1. The number of para-hydroxylation sites is 1. The van der Waals surface area contributed by atoms with Gasteiger partial charge in [-0.3, -0.25) is 4.79 Å². The van der Waals surface area contributed by atoms with Crippen LogP contribution in [-0.4, -0.2) is 64.6 Å². The predicted octanol–water partition coefficient (Wildman–Crippen LogP) is 2.73. The lowest BCUT2D eigenvalue weighted by molar-refractivity contribution is -0.127. The second-order valence-electron chi connectivity index (χ2n) is 11.4. The molecule has 2 heterocycles. The molecular formula is C28H39N4O6S+. The van der Waals surface area contributed by atoms with Crippen LogP contribution in [0.2, 0.25) is 0 Å². The number of rotatable bonds is 8. The van der Waals surface area contributed by atoms with Crippen molar-refractivity contribution in [3.63, 3.8) is 0 Å². The minimum absolute atomic E-state index is 0.169. The zero-order valence-corrected chi connectivity index (χ0v) is 23.8. The van der Waals surface area contributed by atoms with E-state index in [0.29, 0.717) is 5.69 Å². The lowest BCUT2D eigenvalue weighted by Crippen LogP contribution is -2.68. The number of carbonyl (C=O) groups is 2. The predicted molar refractivity (Wildman–Crippen MR) is 149 cm³/mol. The molecule has 1 spiro atoms. The highest BCUT2D eigenvalue weighted by Gasteiger charge is 2.60. The number of carbonyl (C=O) groups excluding carboxylic acids is 2. The highest BCUT2D eigenvalue weighted by atomic mass is 32.2. The Balaban J connectivity index is 1.63. The molecule has 1 fully saturated rings. The summed E-state index contributed by atoms with van der Waals surface area (Å²) in [7, 11) is -3.90. The molecule has 4 rings (SSSR count). The molecule has 0 aromatic heterocycles. The molecule has 0 bridgehead atoms. The smallest absolute Gasteiger partial charge is 0.408 e. The van der Waals surface area contributed by atoms with Crippen molar-refractivity contribution in [2.24, 2.45) is 0 Å². The van der Waals surface area contributed by atoms with Crippen molar-refractivity contribution in [3.05, 3.63) is 65.7 Å². The Bertz CT molecular complexity index is 1290. The third-order valence-electron chi connectivity index (χ3n) is 7.21. The van der Waals surface area contributed by atoms with E-state index in [1.54, 1.807) is 32.9 Å². The van der Waals surface area contributed by atoms with Crippen molar-refractivity contribution in [2.45, 2.75) is 57.3 Å². The maximum atomic E-state index is 13.8. The van der Waals surface area contributed by atoms with E-state index in [0.717, 1.165) is 43.3 Å². The van der Waals surface area contributed by atoms with E-state index in [-0.39, 0.29) is 19.8 Å². The number of benzene rings is 2. The van der Waals surface area contributed by atoms with Crippen LogP contribution in [0.3, 0.4) is 0 Å². The van der Waals surface area contributed by atoms with Crippen molar-refractivity contribution < 1.29 is 27.5 Å². The van der Waals surface area contributed by atoms with Crippen LogP contribution in [-0.2, 0) is 36.3 Å². The molecule has 10 nitrogen and oxygen atoms in total. The summed E-state index contributed by atoms with van der Waals surface area (Å²) in [6.45, 7) is 6.87. The fourth-order valence-corrected chi connectivity index (χ4v) is 6.66. The molecule has 2 unspecified atom stereocenters. The van der Waals surface area contributed by atoms with Crippen LogP contribution in [0.1, 0.15) is 44.7 Å². The Morgan fingerprint density at radius 3 is 2.33 bits per heavy atom.